The molecule has 51 heavy (non-hydrogen) atoms. The van der Waals surface area contributed by atoms with Crippen LogP contribution in [0.1, 0.15) is 50.7 Å². The number of carbonyl (C=O) groups is 1. The van der Waals surface area contributed by atoms with E-state index in [4.69, 9.17) is 24.3 Å². The molecule has 0 radical (unpaired) electrons. The van der Waals surface area contributed by atoms with E-state index in [1.165, 1.54) is 5.69 Å². The Morgan fingerprint density at radius 2 is 1.47 bits per heavy atom. The highest BCUT2D eigenvalue weighted by Crippen LogP contribution is 2.37. The molecule has 1 aliphatic heterocycles. The van der Waals surface area contributed by atoms with Crippen LogP contribution in [0.4, 0.5) is 5.69 Å². The zero-order valence-electron chi connectivity index (χ0n) is 30.0. The molecule has 9 nitrogen and oxygen atoms in total. The Kier molecular flexibility index (Phi) is 10.8. The summed E-state index contributed by atoms with van der Waals surface area (Å²) < 4.78 is 19.9. The summed E-state index contributed by atoms with van der Waals surface area (Å²) >= 11 is 0. The number of ether oxygens (including phenoxy) is 3. The Morgan fingerprint density at radius 3 is 2.14 bits per heavy atom. The number of aromatic nitrogens is 3. The summed E-state index contributed by atoms with van der Waals surface area (Å²) in [5, 5.41) is 6.04. The number of anilines is 1. The van der Waals surface area contributed by atoms with E-state index in [9.17, 15) is 4.79 Å². The molecule has 3 aromatic carbocycles. The fourth-order valence-corrected chi connectivity index (χ4v) is 7.28. The summed E-state index contributed by atoms with van der Waals surface area (Å²) in [4.78, 5) is 22.4. The van der Waals surface area contributed by atoms with E-state index in [1.807, 2.05) is 84.5 Å². The van der Waals surface area contributed by atoms with Gasteiger partial charge < -0.3 is 19.1 Å². The number of carbonyl (C=O) groups excluding carboxylic acids is 1. The number of hydrogen-bond acceptors (Lipinski definition) is 8. The van der Waals surface area contributed by atoms with Gasteiger partial charge in [-0.2, -0.15) is 10.1 Å². The topological polar surface area (TPSA) is 82.0 Å². The third-order valence-corrected chi connectivity index (χ3v) is 10.2. The van der Waals surface area contributed by atoms with Gasteiger partial charge in [-0.3, -0.25) is 14.4 Å². The van der Waals surface area contributed by atoms with Crippen molar-refractivity contribution in [2.45, 2.75) is 58.8 Å². The molecule has 2 aliphatic rings. The van der Waals surface area contributed by atoms with Crippen molar-refractivity contribution in [1.29, 1.82) is 0 Å². The Hall–Kier alpha value is -4.89. The molecule has 2 aromatic heterocycles. The minimum absolute atomic E-state index is 0.00209. The third kappa shape index (κ3) is 8.37. The van der Waals surface area contributed by atoms with Gasteiger partial charge >= 0.3 is 5.97 Å². The van der Waals surface area contributed by atoms with Crippen LogP contribution in [0.2, 0.25) is 0 Å². The number of piperazine rings is 1. The molecular weight excluding hydrogens is 638 g/mol. The Balaban J connectivity index is 1.03. The van der Waals surface area contributed by atoms with Crippen molar-refractivity contribution >= 4 is 22.6 Å². The van der Waals surface area contributed by atoms with E-state index in [2.05, 4.69) is 41.8 Å². The largest absolute Gasteiger partial charge is 0.473 e. The molecule has 0 bridgehead atoms. The number of pyridine rings is 1. The third-order valence-electron chi connectivity index (χ3n) is 10.2. The van der Waals surface area contributed by atoms with Crippen LogP contribution in [-0.2, 0) is 29.8 Å². The van der Waals surface area contributed by atoms with Crippen molar-refractivity contribution in [3.05, 3.63) is 102 Å². The highest BCUT2D eigenvalue weighted by Gasteiger charge is 2.32. The van der Waals surface area contributed by atoms with E-state index < -0.39 is 0 Å². The number of esters is 1. The number of nitrogens with zero attached hydrogens (tertiary/aromatic N) is 5. The number of hydrogen-bond donors (Lipinski definition) is 0. The molecule has 7 rings (SSSR count). The van der Waals surface area contributed by atoms with Crippen LogP contribution in [0.5, 0.6) is 11.8 Å². The molecule has 1 saturated carbocycles. The minimum atomic E-state index is -0.00209. The summed E-state index contributed by atoms with van der Waals surface area (Å²) in [6, 6.07) is 31.3. The standard InChI is InChI=1S/C42H49N5O4/c1-30(2)27-51-42(48)33-14-16-34(17-15-33)46-22-24-47(25-23-46)35-18-19-36-38(26-35)45(3)44-40(36)37-20-21-39(49-28-31-10-6-4-7-11-31)43-41(37)50-29-32-12-8-5-9-13-32/h4-13,18-21,26,30,33-34H,14-17,22-25,27-29H2,1-3H3. The first-order valence-electron chi connectivity index (χ1n) is 18.4. The van der Waals surface area contributed by atoms with Crippen LogP contribution in [0.15, 0.2) is 91.0 Å². The highest BCUT2D eigenvalue weighted by molar-refractivity contribution is 5.96. The molecule has 0 spiro atoms. The van der Waals surface area contributed by atoms with Crippen LogP contribution in [0.25, 0.3) is 22.2 Å². The SMILES string of the molecule is CC(C)COC(=O)C1CCC(N2CCN(c3ccc4c(-c5ccc(OCc6ccccc6)nc5OCc5ccccc5)nn(C)c4c3)CC2)CC1. The predicted molar refractivity (Wildman–Crippen MR) is 201 cm³/mol. The fraction of sp³-hybridized carbons (Fsp3) is 0.405. The monoisotopic (exact) mass is 687 g/mol. The molecule has 5 aromatic rings. The van der Waals surface area contributed by atoms with Crippen LogP contribution in [-0.4, -0.2) is 64.5 Å². The van der Waals surface area contributed by atoms with Gasteiger partial charge in [0.15, 0.2) is 0 Å². The summed E-state index contributed by atoms with van der Waals surface area (Å²) in [7, 11) is 2.00. The second-order valence-electron chi connectivity index (χ2n) is 14.3. The molecule has 0 N–H and O–H groups in total. The van der Waals surface area contributed by atoms with E-state index in [0.29, 0.717) is 43.5 Å². The van der Waals surface area contributed by atoms with Crippen LogP contribution >= 0.6 is 0 Å². The summed E-state index contributed by atoms with van der Waals surface area (Å²) in [5.41, 5.74) is 6.06. The lowest BCUT2D eigenvalue weighted by molar-refractivity contribution is -0.151. The van der Waals surface area contributed by atoms with E-state index >= 15 is 0 Å². The van der Waals surface area contributed by atoms with E-state index in [-0.39, 0.29) is 11.9 Å². The van der Waals surface area contributed by atoms with E-state index in [0.717, 1.165) is 85.1 Å². The first-order chi connectivity index (χ1) is 24.9. The van der Waals surface area contributed by atoms with Gasteiger partial charge in [0.2, 0.25) is 11.8 Å². The predicted octanol–water partition coefficient (Wildman–Crippen LogP) is 7.67. The first-order valence-corrected chi connectivity index (χ1v) is 18.4. The van der Waals surface area contributed by atoms with Crippen molar-refractivity contribution < 1.29 is 19.0 Å². The Labute approximate surface area is 301 Å². The zero-order valence-corrected chi connectivity index (χ0v) is 30.0. The molecule has 0 atom stereocenters. The highest BCUT2D eigenvalue weighted by atomic mass is 16.5. The fourth-order valence-electron chi connectivity index (χ4n) is 7.28. The quantitative estimate of drug-likeness (QED) is 0.124. The maximum Gasteiger partial charge on any atom is 0.308 e. The van der Waals surface area contributed by atoms with Crippen LogP contribution < -0.4 is 14.4 Å². The van der Waals surface area contributed by atoms with Crippen LogP contribution in [0, 0.1) is 11.8 Å². The van der Waals surface area contributed by atoms with Crippen molar-refractivity contribution in [2.24, 2.45) is 18.9 Å². The van der Waals surface area contributed by atoms with Gasteiger partial charge in [0.1, 0.15) is 18.9 Å². The zero-order chi connectivity index (χ0) is 35.2. The number of benzene rings is 3. The van der Waals surface area contributed by atoms with Crippen molar-refractivity contribution in [3.8, 4) is 23.0 Å². The molecule has 9 heteroatoms. The number of rotatable bonds is 12. The van der Waals surface area contributed by atoms with Gasteiger partial charge in [0, 0.05) is 56.4 Å². The molecule has 2 fully saturated rings. The Morgan fingerprint density at radius 1 is 0.804 bits per heavy atom. The summed E-state index contributed by atoms with van der Waals surface area (Å²) in [6.45, 7) is 9.47. The molecule has 1 aliphatic carbocycles. The lowest BCUT2D eigenvalue weighted by Gasteiger charge is -2.42. The molecular formula is C42H49N5O4. The maximum absolute atomic E-state index is 12.5. The van der Waals surface area contributed by atoms with Gasteiger partial charge in [-0.25, -0.2) is 0 Å². The minimum Gasteiger partial charge on any atom is -0.473 e. The molecule has 3 heterocycles. The van der Waals surface area contributed by atoms with Gasteiger partial charge in [-0.15, -0.1) is 0 Å². The molecule has 1 saturated heterocycles. The Bertz CT molecular complexity index is 1900. The number of aryl methyl sites for hydroxylation is 1. The van der Waals surface area contributed by atoms with Gasteiger partial charge in [0.05, 0.1) is 23.6 Å². The van der Waals surface area contributed by atoms with Crippen LogP contribution in [0.3, 0.4) is 0 Å². The van der Waals surface area contributed by atoms with E-state index in [1.54, 1.807) is 0 Å². The summed E-state index contributed by atoms with van der Waals surface area (Å²) in [6.07, 6.45) is 3.99. The smallest absolute Gasteiger partial charge is 0.308 e. The first kappa shape index (κ1) is 34.6. The van der Waals surface area contributed by atoms with Crippen molar-refractivity contribution in [3.63, 3.8) is 0 Å². The number of fused-ring (bicyclic) bond motifs is 1. The second-order valence-corrected chi connectivity index (χ2v) is 14.3. The lowest BCUT2D eigenvalue weighted by atomic mass is 9.85. The van der Waals surface area contributed by atoms with Gasteiger partial charge in [-0.05, 0) is 67.0 Å². The second kappa shape index (κ2) is 16.0. The maximum atomic E-state index is 12.5. The normalized spacial score (nSPS) is 18.2. The lowest BCUT2D eigenvalue weighted by Crippen LogP contribution is -2.51. The molecule has 0 unspecified atom stereocenters. The molecule has 0 amide bonds. The molecule has 266 valence electrons. The van der Waals surface area contributed by atoms with Crippen molar-refractivity contribution in [1.82, 2.24) is 19.7 Å². The average molecular weight is 688 g/mol. The van der Waals surface area contributed by atoms with Gasteiger partial charge in [0.25, 0.3) is 0 Å². The summed E-state index contributed by atoms with van der Waals surface area (Å²) in [5.74, 6) is 1.43. The van der Waals surface area contributed by atoms with Gasteiger partial charge in [-0.1, -0.05) is 74.5 Å². The van der Waals surface area contributed by atoms with Crippen molar-refractivity contribution in [2.75, 3.05) is 37.7 Å². The average Bonchev–Trinajstić information content (AvgIpc) is 3.51.